The number of carbonyl (C=O) groups excluding carboxylic acids is 1. The molecule has 0 radical (unpaired) electrons. The zero-order valence-electron chi connectivity index (χ0n) is 13.2. The van der Waals surface area contributed by atoms with Crippen LogP contribution in [0.15, 0.2) is 54.6 Å². The first-order chi connectivity index (χ1) is 11.6. The third kappa shape index (κ3) is 3.13. The number of benzene rings is 2. The van der Waals surface area contributed by atoms with E-state index in [0.717, 1.165) is 11.3 Å². The van der Waals surface area contributed by atoms with Crippen LogP contribution in [-0.2, 0) is 7.05 Å². The van der Waals surface area contributed by atoms with E-state index in [-0.39, 0.29) is 5.91 Å². The standard InChI is InChI=1S/C19H16N4O/c1-3-13-5-4-6-15(11-13)19(24)21-18-12-17(22-23(18)2)14-7-9-16(20)10-8-14/h1,4-12H,20H2,2H3,(H,21,24). The fraction of sp³-hybridized carbons (Fsp3) is 0.0526. The molecule has 0 saturated heterocycles. The molecule has 3 rings (SSSR count). The Kier molecular flexibility index (Phi) is 4.04. The van der Waals surface area contributed by atoms with Gasteiger partial charge in [0.1, 0.15) is 5.82 Å². The molecule has 5 heteroatoms. The molecule has 0 unspecified atom stereocenters. The minimum Gasteiger partial charge on any atom is -0.399 e. The highest BCUT2D eigenvalue weighted by Crippen LogP contribution is 2.22. The number of nitrogens with zero attached hydrogens (tertiary/aromatic N) is 2. The highest BCUT2D eigenvalue weighted by Gasteiger charge is 2.12. The van der Waals surface area contributed by atoms with Crippen LogP contribution in [0.25, 0.3) is 11.3 Å². The van der Waals surface area contributed by atoms with Gasteiger partial charge >= 0.3 is 0 Å². The second-order valence-corrected chi connectivity index (χ2v) is 5.34. The lowest BCUT2D eigenvalue weighted by molar-refractivity contribution is 0.102. The molecule has 0 fully saturated rings. The van der Waals surface area contributed by atoms with Crippen molar-refractivity contribution in [1.82, 2.24) is 9.78 Å². The summed E-state index contributed by atoms with van der Waals surface area (Å²) in [7, 11) is 1.77. The third-order valence-corrected chi connectivity index (χ3v) is 3.62. The first-order valence-corrected chi connectivity index (χ1v) is 7.35. The van der Waals surface area contributed by atoms with Gasteiger partial charge in [-0.1, -0.05) is 24.1 Å². The van der Waals surface area contributed by atoms with Gasteiger partial charge < -0.3 is 11.1 Å². The highest BCUT2D eigenvalue weighted by molar-refractivity contribution is 6.04. The summed E-state index contributed by atoms with van der Waals surface area (Å²) >= 11 is 0. The van der Waals surface area contributed by atoms with Crippen molar-refractivity contribution in [2.75, 3.05) is 11.1 Å². The minimum atomic E-state index is -0.237. The Balaban J connectivity index is 1.84. The summed E-state index contributed by atoms with van der Waals surface area (Å²) in [5.41, 5.74) is 9.23. The van der Waals surface area contributed by atoms with Gasteiger partial charge in [0.15, 0.2) is 0 Å². The van der Waals surface area contributed by atoms with Gasteiger partial charge in [-0.15, -0.1) is 6.42 Å². The Morgan fingerprint density at radius 3 is 2.67 bits per heavy atom. The van der Waals surface area contributed by atoms with Crippen LogP contribution < -0.4 is 11.1 Å². The first kappa shape index (κ1) is 15.4. The number of hydrogen-bond acceptors (Lipinski definition) is 3. The van der Waals surface area contributed by atoms with E-state index in [1.807, 2.05) is 30.3 Å². The fourth-order valence-electron chi connectivity index (χ4n) is 2.32. The van der Waals surface area contributed by atoms with Crippen LogP contribution in [0.2, 0.25) is 0 Å². The van der Waals surface area contributed by atoms with Crippen LogP contribution in [0.5, 0.6) is 0 Å². The molecule has 0 aliphatic carbocycles. The summed E-state index contributed by atoms with van der Waals surface area (Å²) in [6.07, 6.45) is 5.37. The number of aryl methyl sites for hydroxylation is 1. The number of amides is 1. The van der Waals surface area contributed by atoms with E-state index in [4.69, 9.17) is 12.2 Å². The van der Waals surface area contributed by atoms with Crippen LogP contribution in [0.4, 0.5) is 11.5 Å². The van der Waals surface area contributed by atoms with Crippen molar-refractivity contribution in [2.45, 2.75) is 0 Å². The zero-order chi connectivity index (χ0) is 17.1. The van der Waals surface area contributed by atoms with Gasteiger partial charge in [0, 0.05) is 35.5 Å². The monoisotopic (exact) mass is 316 g/mol. The van der Waals surface area contributed by atoms with E-state index in [0.29, 0.717) is 22.6 Å². The lowest BCUT2D eigenvalue weighted by Crippen LogP contribution is -2.14. The van der Waals surface area contributed by atoms with Gasteiger partial charge in [0.2, 0.25) is 0 Å². The summed E-state index contributed by atoms with van der Waals surface area (Å²) in [5.74, 6) is 2.88. The number of aromatic nitrogens is 2. The van der Waals surface area contributed by atoms with Gasteiger partial charge in [-0.3, -0.25) is 9.48 Å². The van der Waals surface area contributed by atoms with Crippen LogP contribution in [0.1, 0.15) is 15.9 Å². The molecule has 0 aliphatic rings. The molecule has 1 amide bonds. The van der Waals surface area contributed by atoms with Crippen LogP contribution >= 0.6 is 0 Å². The van der Waals surface area contributed by atoms with E-state index in [2.05, 4.69) is 16.3 Å². The second kappa shape index (κ2) is 6.31. The summed E-state index contributed by atoms with van der Waals surface area (Å²) in [4.78, 5) is 12.4. The highest BCUT2D eigenvalue weighted by atomic mass is 16.1. The smallest absolute Gasteiger partial charge is 0.256 e. The van der Waals surface area contributed by atoms with E-state index < -0.39 is 0 Å². The minimum absolute atomic E-state index is 0.237. The molecule has 0 spiro atoms. The molecule has 0 bridgehead atoms. The topological polar surface area (TPSA) is 72.9 Å². The number of nitrogens with one attached hydrogen (secondary N) is 1. The fourth-order valence-corrected chi connectivity index (χ4v) is 2.32. The van der Waals surface area contributed by atoms with E-state index in [1.54, 1.807) is 36.0 Å². The number of anilines is 2. The maximum absolute atomic E-state index is 12.4. The maximum Gasteiger partial charge on any atom is 0.256 e. The van der Waals surface area contributed by atoms with Gasteiger partial charge in [-0.05, 0) is 30.3 Å². The van der Waals surface area contributed by atoms with Crippen molar-refractivity contribution in [3.05, 3.63) is 65.7 Å². The lowest BCUT2D eigenvalue weighted by Gasteiger charge is -2.05. The number of nitrogens with two attached hydrogens (primary N) is 1. The predicted molar refractivity (Wildman–Crippen MR) is 95.4 cm³/mol. The summed E-state index contributed by atoms with van der Waals surface area (Å²) in [5, 5.41) is 7.27. The predicted octanol–water partition coefficient (Wildman–Crippen LogP) is 2.90. The SMILES string of the molecule is C#Cc1cccc(C(=O)Nc2cc(-c3ccc(N)cc3)nn2C)c1. The Morgan fingerprint density at radius 1 is 1.21 bits per heavy atom. The van der Waals surface area contributed by atoms with Crippen LogP contribution in [-0.4, -0.2) is 15.7 Å². The molecule has 1 heterocycles. The molecule has 24 heavy (non-hydrogen) atoms. The van der Waals surface area contributed by atoms with Gasteiger partial charge in [-0.2, -0.15) is 5.10 Å². The first-order valence-electron chi connectivity index (χ1n) is 7.35. The Bertz CT molecular complexity index is 933. The Hall–Kier alpha value is -3.52. The van der Waals surface area contributed by atoms with Gasteiger partial charge in [0.25, 0.3) is 5.91 Å². The maximum atomic E-state index is 12.4. The van der Waals surface area contributed by atoms with Crippen molar-refractivity contribution in [1.29, 1.82) is 0 Å². The third-order valence-electron chi connectivity index (χ3n) is 3.62. The number of terminal acetylenes is 1. The summed E-state index contributed by atoms with van der Waals surface area (Å²) in [6.45, 7) is 0. The largest absolute Gasteiger partial charge is 0.399 e. The van der Waals surface area contributed by atoms with E-state index >= 15 is 0 Å². The van der Waals surface area contributed by atoms with Gasteiger partial charge in [-0.25, -0.2) is 0 Å². The number of carbonyl (C=O) groups is 1. The molecular weight excluding hydrogens is 300 g/mol. The van der Waals surface area contributed by atoms with Gasteiger partial charge in [0.05, 0.1) is 5.69 Å². The molecular formula is C19H16N4O. The lowest BCUT2D eigenvalue weighted by atomic mass is 10.1. The average molecular weight is 316 g/mol. The summed E-state index contributed by atoms with van der Waals surface area (Å²) in [6, 6.07) is 16.1. The Morgan fingerprint density at radius 2 is 1.96 bits per heavy atom. The number of rotatable bonds is 3. The molecule has 5 nitrogen and oxygen atoms in total. The second-order valence-electron chi connectivity index (χ2n) is 5.34. The molecule has 3 N–H and O–H groups in total. The van der Waals surface area contributed by atoms with Crippen LogP contribution in [0, 0.1) is 12.3 Å². The Labute approximate surface area is 140 Å². The molecule has 0 saturated carbocycles. The van der Waals surface area contributed by atoms with Crippen molar-refractivity contribution < 1.29 is 4.79 Å². The van der Waals surface area contributed by atoms with Crippen molar-refractivity contribution in [2.24, 2.45) is 7.05 Å². The molecule has 0 aliphatic heterocycles. The number of nitrogen functional groups attached to an aromatic ring is 1. The summed E-state index contributed by atoms with van der Waals surface area (Å²) < 4.78 is 1.62. The number of hydrogen-bond donors (Lipinski definition) is 2. The zero-order valence-corrected chi connectivity index (χ0v) is 13.2. The molecule has 118 valence electrons. The molecule has 0 atom stereocenters. The van der Waals surface area contributed by atoms with E-state index in [9.17, 15) is 4.79 Å². The molecule has 1 aromatic heterocycles. The van der Waals surface area contributed by atoms with Crippen molar-refractivity contribution in [3.63, 3.8) is 0 Å². The van der Waals surface area contributed by atoms with Crippen molar-refractivity contribution in [3.8, 4) is 23.6 Å². The van der Waals surface area contributed by atoms with Crippen molar-refractivity contribution >= 4 is 17.4 Å². The molecule has 2 aromatic carbocycles. The normalized spacial score (nSPS) is 10.2. The average Bonchev–Trinajstić information content (AvgIpc) is 2.96. The van der Waals surface area contributed by atoms with E-state index in [1.165, 1.54) is 0 Å². The quantitative estimate of drug-likeness (QED) is 0.576. The molecule has 3 aromatic rings. The van der Waals surface area contributed by atoms with Crippen LogP contribution in [0.3, 0.4) is 0 Å².